The first-order valence-electron chi connectivity index (χ1n) is 6.47. The van der Waals surface area contributed by atoms with Crippen molar-refractivity contribution < 1.29 is 4.79 Å². The molecule has 100 valence electrons. The van der Waals surface area contributed by atoms with Gasteiger partial charge in [-0.3, -0.25) is 9.78 Å². The number of fused-ring (bicyclic) bond motifs is 1. The highest BCUT2D eigenvalue weighted by Crippen LogP contribution is 2.27. The van der Waals surface area contributed by atoms with Crippen molar-refractivity contribution in [1.82, 2.24) is 19.9 Å². The number of imidazole rings is 1. The van der Waals surface area contributed by atoms with Gasteiger partial charge in [-0.1, -0.05) is 0 Å². The fourth-order valence-corrected chi connectivity index (χ4v) is 2.61. The number of carbonyl (C=O) groups is 1. The van der Waals surface area contributed by atoms with Gasteiger partial charge >= 0.3 is 0 Å². The van der Waals surface area contributed by atoms with Crippen molar-refractivity contribution in [2.75, 3.05) is 20.1 Å². The molecule has 3 N–H and O–H groups in total. The number of nitrogens with one attached hydrogen (secondary N) is 1. The molecule has 0 bridgehead atoms. The summed E-state index contributed by atoms with van der Waals surface area (Å²) in [5.41, 5.74) is 7.15. The van der Waals surface area contributed by atoms with Gasteiger partial charge in [0.25, 0.3) is 5.91 Å². The molecule has 6 nitrogen and oxygen atoms in total. The maximum Gasteiger partial charge on any atom is 0.252 e. The van der Waals surface area contributed by atoms with E-state index in [1.54, 1.807) is 6.20 Å². The Bertz CT molecular complexity index is 613. The Morgan fingerprint density at radius 3 is 2.84 bits per heavy atom. The Balaban J connectivity index is 1.98. The van der Waals surface area contributed by atoms with Gasteiger partial charge in [-0.15, -0.1) is 0 Å². The Morgan fingerprint density at radius 2 is 2.16 bits per heavy atom. The quantitative estimate of drug-likeness (QED) is 0.837. The number of amides is 1. The molecule has 3 heterocycles. The number of rotatable bonds is 2. The summed E-state index contributed by atoms with van der Waals surface area (Å²) in [6.45, 7) is 2.14. The van der Waals surface area contributed by atoms with Crippen LogP contribution in [0.25, 0.3) is 11.0 Å². The minimum absolute atomic E-state index is 0.382. The summed E-state index contributed by atoms with van der Waals surface area (Å²) in [5.74, 6) is 0.877. The van der Waals surface area contributed by atoms with Gasteiger partial charge in [0.1, 0.15) is 11.3 Å². The molecule has 1 amide bonds. The summed E-state index contributed by atoms with van der Waals surface area (Å²) < 4.78 is 0. The Labute approximate surface area is 111 Å². The number of nitrogens with zero attached hydrogens (tertiary/aromatic N) is 3. The maximum atomic E-state index is 11.4. The zero-order valence-electron chi connectivity index (χ0n) is 10.9. The molecule has 3 rings (SSSR count). The van der Waals surface area contributed by atoms with Crippen molar-refractivity contribution in [3.8, 4) is 0 Å². The van der Waals surface area contributed by atoms with Crippen LogP contribution >= 0.6 is 0 Å². The number of pyridine rings is 1. The number of carbonyl (C=O) groups excluding carboxylic acids is 1. The summed E-state index contributed by atoms with van der Waals surface area (Å²) in [7, 11) is 2.13. The van der Waals surface area contributed by atoms with E-state index in [0.29, 0.717) is 17.0 Å². The number of hydrogen-bond acceptors (Lipinski definition) is 4. The molecule has 19 heavy (non-hydrogen) atoms. The van der Waals surface area contributed by atoms with Crippen LogP contribution in [0.3, 0.4) is 0 Å². The average molecular weight is 259 g/mol. The molecule has 0 aromatic carbocycles. The lowest BCUT2D eigenvalue weighted by atomic mass is 9.97. The smallest absolute Gasteiger partial charge is 0.252 e. The van der Waals surface area contributed by atoms with Crippen molar-refractivity contribution in [1.29, 1.82) is 0 Å². The zero-order valence-corrected chi connectivity index (χ0v) is 10.9. The highest BCUT2D eigenvalue weighted by atomic mass is 16.1. The number of aromatic nitrogens is 3. The van der Waals surface area contributed by atoms with E-state index in [1.165, 1.54) is 6.20 Å². The molecule has 0 aliphatic carbocycles. The number of piperidine rings is 1. The number of H-pyrrole nitrogens is 1. The first kappa shape index (κ1) is 12.1. The van der Waals surface area contributed by atoms with Crippen molar-refractivity contribution in [3.63, 3.8) is 0 Å². The predicted molar refractivity (Wildman–Crippen MR) is 71.9 cm³/mol. The Kier molecular flexibility index (Phi) is 2.94. The van der Waals surface area contributed by atoms with Crippen LogP contribution in [-0.4, -0.2) is 45.9 Å². The van der Waals surface area contributed by atoms with Gasteiger partial charge in [0, 0.05) is 12.1 Å². The first-order chi connectivity index (χ1) is 9.15. The van der Waals surface area contributed by atoms with E-state index in [-0.39, 0.29) is 0 Å². The van der Waals surface area contributed by atoms with Crippen LogP contribution in [0.1, 0.15) is 34.9 Å². The molecule has 1 saturated heterocycles. The number of hydrogen-bond donors (Lipinski definition) is 2. The van der Waals surface area contributed by atoms with Crippen LogP contribution in [-0.2, 0) is 0 Å². The standard InChI is InChI=1S/C13H17N5O/c1-18-4-2-8(3-5-18)13-16-10-7-15-6-9(12(14)19)11(10)17-13/h6-8H,2-5H2,1H3,(H2,14,19)(H,16,17). The molecule has 1 aliphatic rings. The summed E-state index contributed by atoms with van der Waals surface area (Å²) in [6.07, 6.45) is 5.32. The molecule has 0 radical (unpaired) electrons. The third-order valence-corrected chi connectivity index (χ3v) is 3.78. The third-order valence-electron chi connectivity index (χ3n) is 3.78. The topological polar surface area (TPSA) is 87.9 Å². The average Bonchev–Trinajstić information content (AvgIpc) is 2.82. The van der Waals surface area contributed by atoms with Crippen molar-refractivity contribution in [3.05, 3.63) is 23.8 Å². The van der Waals surface area contributed by atoms with Crippen LogP contribution in [0.4, 0.5) is 0 Å². The lowest BCUT2D eigenvalue weighted by molar-refractivity contribution is 0.100. The van der Waals surface area contributed by atoms with E-state index in [2.05, 4.69) is 26.9 Å². The van der Waals surface area contributed by atoms with Crippen LogP contribution in [0.15, 0.2) is 12.4 Å². The second-order valence-corrected chi connectivity index (χ2v) is 5.15. The summed E-state index contributed by atoms with van der Waals surface area (Å²) >= 11 is 0. The van der Waals surface area contributed by atoms with Gasteiger partial charge in [0.05, 0.1) is 17.3 Å². The molecule has 2 aromatic rings. The normalized spacial score (nSPS) is 17.9. The number of nitrogens with two attached hydrogens (primary N) is 1. The minimum atomic E-state index is -0.487. The zero-order chi connectivity index (χ0) is 13.4. The van der Waals surface area contributed by atoms with Gasteiger partial charge in [-0.25, -0.2) is 4.98 Å². The van der Waals surface area contributed by atoms with Gasteiger partial charge in [0.2, 0.25) is 0 Å². The first-order valence-corrected chi connectivity index (χ1v) is 6.47. The van der Waals surface area contributed by atoms with Gasteiger partial charge in [-0.2, -0.15) is 0 Å². The van der Waals surface area contributed by atoms with Crippen molar-refractivity contribution in [2.24, 2.45) is 5.73 Å². The minimum Gasteiger partial charge on any atom is -0.365 e. The van der Waals surface area contributed by atoms with E-state index in [1.807, 2.05) is 0 Å². The molecule has 1 aliphatic heterocycles. The molecule has 2 aromatic heterocycles. The number of primary amides is 1. The highest BCUT2D eigenvalue weighted by Gasteiger charge is 2.22. The molecule has 0 spiro atoms. The van der Waals surface area contributed by atoms with E-state index >= 15 is 0 Å². The van der Waals surface area contributed by atoms with E-state index in [9.17, 15) is 4.79 Å². The molecule has 0 unspecified atom stereocenters. The Hall–Kier alpha value is -1.95. The lowest BCUT2D eigenvalue weighted by Crippen LogP contribution is -2.29. The Morgan fingerprint density at radius 1 is 1.42 bits per heavy atom. The monoisotopic (exact) mass is 259 g/mol. The van der Waals surface area contributed by atoms with Gasteiger partial charge < -0.3 is 15.6 Å². The molecule has 6 heteroatoms. The van der Waals surface area contributed by atoms with Crippen LogP contribution in [0, 0.1) is 0 Å². The molecular weight excluding hydrogens is 242 g/mol. The fraction of sp³-hybridized carbons (Fsp3) is 0.462. The second kappa shape index (κ2) is 4.62. The van der Waals surface area contributed by atoms with Gasteiger partial charge in [-0.05, 0) is 33.0 Å². The molecule has 1 fully saturated rings. The predicted octanol–water partition coefficient (Wildman–Crippen LogP) is 0.866. The van der Waals surface area contributed by atoms with Crippen molar-refractivity contribution >= 4 is 16.9 Å². The van der Waals surface area contributed by atoms with Gasteiger partial charge in [0.15, 0.2) is 0 Å². The fourth-order valence-electron chi connectivity index (χ4n) is 2.61. The number of aromatic amines is 1. The van der Waals surface area contributed by atoms with E-state index in [0.717, 1.165) is 37.3 Å². The number of likely N-dealkylation sites (tertiary alicyclic amines) is 1. The van der Waals surface area contributed by atoms with E-state index in [4.69, 9.17) is 5.73 Å². The lowest BCUT2D eigenvalue weighted by Gasteiger charge is -2.27. The maximum absolute atomic E-state index is 11.4. The highest BCUT2D eigenvalue weighted by molar-refractivity contribution is 6.03. The second-order valence-electron chi connectivity index (χ2n) is 5.15. The van der Waals surface area contributed by atoms with E-state index < -0.39 is 5.91 Å². The van der Waals surface area contributed by atoms with Crippen LogP contribution < -0.4 is 5.73 Å². The summed E-state index contributed by atoms with van der Waals surface area (Å²) in [5, 5.41) is 0. The SMILES string of the molecule is CN1CCC(c2nc3c(C(N)=O)cncc3[nH]2)CC1. The van der Waals surface area contributed by atoms with Crippen LogP contribution in [0.5, 0.6) is 0 Å². The third kappa shape index (κ3) is 2.19. The van der Waals surface area contributed by atoms with Crippen LogP contribution in [0.2, 0.25) is 0 Å². The van der Waals surface area contributed by atoms with Crippen molar-refractivity contribution in [2.45, 2.75) is 18.8 Å². The molecular formula is C13H17N5O. The molecule has 0 atom stereocenters. The summed E-state index contributed by atoms with van der Waals surface area (Å²) in [6, 6.07) is 0. The summed E-state index contributed by atoms with van der Waals surface area (Å²) in [4.78, 5) is 25.5. The molecule has 0 saturated carbocycles. The largest absolute Gasteiger partial charge is 0.365 e.